The molecule has 3 heteroatoms. The summed E-state index contributed by atoms with van der Waals surface area (Å²) in [5.41, 5.74) is 13.5. The van der Waals surface area contributed by atoms with Crippen LogP contribution in [-0.2, 0) is 0 Å². The maximum Gasteiger partial charge on any atom is 0.159 e. The lowest BCUT2D eigenvalue weighted by Gasteiger charge is -2.29. The summed E-state index contributed by atoms with van der Waals surface area (Å²) in [5, 5.41) is 6.85. The number of fused-ring (bicyclic) bond motifs is 8. The van der Waals surface area contributed by atoms with Crippen molar-refractivity contribution in [3.8, 4) is 33.4 Å². The molecule has 55 heavy (non-hydrogen) atoms. The van der Waals surface area contributed by atoms with Crippen LogP contribution in [0.1, 0.15) is 0 Å². The normalized spacial score (nSPS) is 11.6. The van der Waals surface area contributed by atoms with Crippen LogP contribution in [0.4, 0.5) is 17.1 Å². The van der Waals surface area contributed by atoms with Crippen molar-refractivity contribution in [2.75, 3.05) is 4.90 Å². The number of anilines is 3. The van der Waals surface area contributed by atoms with Gasteiger partial charge in [0.25, 0.3) is 0 Å². The molecule has 0 unspecified atom stereocenters. The third-order valence-corrected chi connectivity index (χ3v) is 10.9. The van der Waals surface area contributed by atoms with E-state index in [-0.39, 0.29) is 0 Å². The third-order valence-electron chi connectivity index (χ3n) is 10.9. The molecule has 3 nitrogen and oxygen atoms in total. The Labute approximate surface area is 317 Å². The summed E-state index contributed by atoms with van der Waals surface area (Å²) in [5.74, 6) is 0. The lowest BCUT2D eigenvalue weighted by atomic mass is 9.91. The first kappa shape index (κ1) is 31.2. The van der Waals surface area contributed by atoms with Crippen LogP contribution in [0.25, 0.3) is 88.0 Å². The zero-order chi connectivity index (χ0) is 36.3. The van der Waals surface area contributed by atoms with E-state index in [9.17, 15) is 0 Å². The molecule has 0 aliphatic rings. The number of rotatable bonds is 6. The van der Waals surface area contributed by atoms with E-state index in [1.807, 2.05) is 24.3 Å². The van der Waals surface area contributed by atoms with Gasteiger partial charge in [0.15, 0.2) is 5.58 Å². The minimum Gasteiger partial charge on any atom is -0.456 e. The summed E-state index contributed by atoms with van der Waals surface area (Å²) in [6, 6.07) is 70.9. The van der Waals surface area contributed by atoms with Crippen LogP contribution in [0, 0.1) is 0 Å². The van der Waals surface area contributed by atoms with E-state index in [2.05, 4.69) is 181 Å². The molecular formula is C52H33NO2. The predicted octanol–water partition coefficient (Wildman–Crippen LogP) is 15.1. The Morgan fingerprint density at radius 2 is 0.927 bits per heavy atom. The Kier molecular flexibility index (Phi) is 7.17. The van der Waals surface area contributed by atoms with E-state index >= 15 is 0 Å². The molecule has 0 saturated heterocycles. The zero-order valence-electron chi connectivity index (χ0n) is 29.8. The van der Waals surface area contributed by atoms with E-state index in [1.54, 1.807) is 0 Å². The van der Waals surface area contributed by atoms with Crippen molar-refractivity contribution in [1.82, 2.24) is 0 Å². The first-order valence-corrected chi connectivity index (χ1v) is 18.7. The fraction of sp³-hybridized carbons (Fsp3) is 0. The fourth-order valence-electron chi connectivity index (χ4n) is 8.43. The van der Waals surface area contributed by atoms with Gasteiger partial charge in [-0.2, -0.15) is 0 Å². The van der Waals surface area contributed by atoms with Gasteiger partial charge < -0.3 is 13.7 Å². The van der Waals surface area contributed by atoms with Gasteiger partial charge in [-0.15, -0.1) is 0 Å². The van der Waals surface area contributed by atoms with Crippen molar-refractivity contribution >= 4 is 71.7 Å². The first-order chi connectivity index (χ1) is 27.3. The minimum atomic E-state index is 0.847. The molecule has 0 N–H and O–H groups in total. The van der Waals surface area contributed by atoms with Gasteiger partial charge in [0.2, 0.25) is 0 Å². The average Bonchev–Trinajstić information content (AvgIpc) is 3.84. The fourth-order valence-corrected chi connectivity index (χ4v) is 8.43. The molecule has 11 rings (SSSR count). The first-order valence-electron chi connectivity index (χ1n) is 18.7. The van der Waals surface area contributed by atoms with E-state index in [0.717, 1.165) is 88.8 Å². The maximum absolute atomic E-state index is 6.73. The van der Waals surface area contributed by atoms with E-state index in [4.69, 9.17) is 8.83 Å². The Balaban J connectivity index is 1.16. The monoisotopic (exact) mass is 703 g/mol. The van der Waals surface area contributed by atoms with Crippen LogP contribution in [0.5, 0.6) is 0 Å². The molecular weight excluding hydrogens is 671 g/mol. The Morgan fingerprint density at radius 3 is 1.73 bits per heavy atom. The van der Waals surface area contributed by atoms with Crippen LogP contribution < -0.4 is 4.90 Å². The molecule has 2 heterocycles. The Bertz CT molecular complexity index is 3190. The zero-order valence-corrected chi connectivity index (χ0v) is 29.8. The molecule has 0 aliphatic heterocycles. The van der Waals surface area contributed by atoms with Gasteiger partial charge >= 0.3 is 0 Å². The van der Waals surface area contributed by atoms with Gasteiger partial charge in [-0.3, -0.25) is 0 Å². The predicted molar refractivity (Wildman–Crippen MR) is 229 cm³/mol. The lowest BCUT2D eigenvalue weighted by Crippen LogP contribution is -2.12. The smallest absolute Gasteiger partial charge is 0.159 e. The second-order valence-corrected chi connectivity index (χ2v) is 14.0. The standard InChI is InChI=1S/C52H33NO2/c1-3-14-34(15-4-1)39-22-12-24-44(49(39)36-16-5-2-6-17-36)53(45-25-13-23-42-41-19-7-9-26-46(41)55-52(42)45)38-31-28-35(29-32-38)40-21-11-18-37-30-33-48-51(50(37)40)43-20-8-10-27-47(43)54-48/h1-33H. The summed E-state index contributed by atoms with van der Waals surface area (Å²) in [6.07, 6.45) is 0. The molecule has 2 aromatic heterocycles. The second kappa shape index (κ2) is 12.6. The molecule has 0 radical (unpaired) electrons. The summed E-state index contributed by atoms with van der Waals surface area (Å²) in [7, 11) is 0. The number of furan rings is 2. The van der Waals surface area contributed by atoms with Crippen molar-refractivity contribution in [2.45, 2.75) is 0 Å². The van der Waals surface area contributed by atoms with Gasteiger partial charge in [-0.1, -0.05) is 158 Å². The van der Waals surface area contributed by atoms with Gasteiger partial charge in [0.1, 0.15) is 16.7 Å². The Morgan fingerprint density at radius 1 is 0.327 bits per heavy atom. The van der Waals surface area contributed by atoms with Gasteiger partial charge in [0.05, 0.1) is 11.4 Å². The quantitative estimate of drug-likeness (QED) is 0.173. The van der Waals surface area contributed by atoms with Crippen molar-refractivity contribution in [3.05, 3.63) is 200 Å². The highest BCUT2D eigenvalue weighted by Crippen LogP contribution is 2.48. The van der Waals surface area contributed by atoms with Crippen LogP contribution >= 0.6 is 0 Å². The topological polar surface area (TPSA) is 29.5 Å². The number of hydrogen-bond acceptors (Lipinski definition) is 3. The van der Waals surface area contributed by atoms with Crippen molar-refractivity contribution in [1.29, 1.82) is 0 Å². The van der Waals surface area contributed by atoms with E-state index in [0.29, 0.717) is 0 Å². The lowest BCUT2D eigenvalue weighted by molar-refractivity contribution is 0.669. The molecule has 0 spiro atoms. The Hall–Kier alpha value is -7.36. The van der Waals surface area contributed by atoms with Crippen LogP contribution in [0.15, 0.2) is 209 Å². The second-order valence-electron chi connectivity index (χ2n) is 14.0. The van der Waals surface area contributed by atoms with Crippen LogP contribution in [0.2, 0.25) is 0 Å². The number of benzene rings is 9. The van der Waals surface area contributed by atoms with Crippen molar-refractivity contribution in [3.63, 3.8) is 0 Å². The molecule has 258 valence electrons. The molecule has 0 saturated carbocycles. The molecule has 9 aromatic carbocycles. The summed E-state index contributed by atoms with van der Waals surface area (Å²) >= 11 is 0. The van der Waals surface area contributed by atoms with E-state index < -0.39 is 0 Å². The molecule has 0 amide bonds. The summed E-state index contributed by atoms with van der Waals surface area (Å²) < 4.78 is 13.1. The molecule has 11 aromatic rings. The summed E-state index contributed by atoms with van der Waals surface area (Å²) in [6.45, 7) is 0. The highest BCUT2D eigenvalue weighted by Gasteiger charge is 2.24. The molecule has 0 aliphatic carbocycles. The average molecular weight is 704 g/mol. The summed E-state index contributed by atoms with van der Waals surface area (Å²) in [4.78, 5) is 2.37. The third kappa shape index (κ3) is 5.05. The van der Waals surface area contributed by atoms with Crippen LogP contribution in [0.3, 0.4) is 0 Å². The molecule has 0 bridgehead atoms. The number of hydrogen-bond donors (Lipinski definition) is 0. The van der Waals surface area contributed by atoms with Crippen molar-refractivity contribution in [2.24, 2.45) is 0 Å². The number of nitrogens with zero attached hydrogens (tertiary/aromatic N) is 1. The van der Waals surface area contributed by atoms with Gasteiger partial charge in [-0.25, -0.2) is 0 Å². The molecule has 0 atom stereocenters. The highest BCUT2D eigenvalue weighted by molar-refractivity contribution is 6.23. The minimum absolute atomic E-state index is 0.847. The largest absolute Gasteiger partial charge is 0.456 e. The maximum atomic E-state index is 6.73. The van der Waals surface area contributed by atoms with Crippen LogP contribution in [-0.4, -0.2) is 0 Å². The van der Waals surface area contributed by atoms with Crippen molar-refractivity contribution < 1.29 is 8.83 Å². The van der Waals surface area contributed by atoms with Gasteiger partial charge in [0, 0.05) is 38.2 Å². The number of para-hydroxylation sites is 3. The van der Waals surface area contributed by atoms with Gasteiger partial charge in [-0.05, 0) is 75.7 Å². The molecule has 0 fully saturated rings. The SMILES string of the molecule is c1ccc(-c2cccc(N(c3ccc(-c4cccc5ccc6oc7ccccc7c6c45)cc3)c3cccc4c3oc3ccccc34)c2-c2ccccc2)cc1. The van der Waals surface area contributed by atoms with E-state index in [1.165, 1.54) is 16.3 Å². The highest BCUT2D eigenvalue weighted by atomic mass is 16.3.